The van der Waals surface area contributed by atoms with Crippen molar-refractivity contribution >= 4 is 16.2 Å². The Bertz CT molecular complexity index is 447. The molecule has 0 saturated carbocycles. The smallest absolute Gasteiger partial charge is 0.306 e. The Hall–Kier alpha value is -1.10. The number of hydrogen-bond donors (Lipinski definition) is 1. The van der Waals surface area contributed by atoms with Crippen LogP contribution in [0.5, 0.6) is 0 Å². The molecule has 0 aromatic carbocycles. The van der Waals surface area contributed by atoms with E-state index in [2.05, 4.69) is 5.92 Å². The van der Waals surface area contributed by atoms with E-state index in [1.807, 2.05) is 6.92 Å². The summed E-state index contributed by atoms with van der Waals surface area (Å²) in [5.74, 6) is 1.05. The molecule has 7 heteroatoms. The highest BCUT2D eigenvalue weighted by Gasteiger charge is 2.34. The predicted octanol–water partition coefficient (Wildman–Crippen LogP) is 0.373. The molecule has 0 bridgehead atoms. The van der Waals surface area contributed by atoms with Gasteiger partial charge in [0.2, 0.25) is 0 Å². The van der Waals surface area contributed by atoms with Gasteiger partial charge in [-0.05, 0) is 19.3 Å². The van der Waals surface area contributed by atoms with Gasteiger partial charge in [-0.25, -0.2) is 0 Å². The van der Waals surface area contributed by atoms with Crippen LogP contribution in [0.3, 0.4) is 0 Å². The molecule has 19 heavy (non-hydrogen) atoms. The fourth-order valence-electron chi connectivity index (χ4n) is 2.12. The molecule has 1 N–H and O–H groups in total. The highest BCUT2D eigenvalue weighted by Crippen LogP contribution is 2.21. The molecule has 0 atom stereocenters. The third-order valence-electron chi connectivity index (χ3n) is 3.20. The molecule has 0 radical (unpaired) electrons. The standard InChI is InChI=1S/C12H20N2O4S/c1-3-7-13(8-4-2)19(17,18)14-9-5-11(6-10-14)12(15)16/h1,11H,4-10H2,2H3,(H,15,16). The number of hydrogen-bond acceptors (Lipinski definition) is 3. The number of piperidine rings is 1. The van der Waals surface area contributed by atoms with E-state index in [4.69, 9.17) is 11.5 Å². The average Bonchev–Trinajstić information content (AvgIpc) is 2.38. The van der Waals surface area contributed by atoms with Crippen LogP contribution in [0.25, 0.3) is 0 Å². The molecule has 0 amide bonds. The lowest BCUT2D eigenvalue weighted by Crippen LogP contribution is -2.48. The molecule has 0 aliphatic carbocycles. The first-order chi connectivity index (χ1) is 8.93. The minimum Gasteiger partial charge on any atom is -0.481 e. The average molecular weight is 288 g/mol. The van der Waals surface area contributed by atoms with Gasteiger partial charge in [0.05, 0.1) is 12.5 Å². The second-order valence-corrected chi connectivity index (χ2v) is 6.49. The molecule has 1 fully saturated rings. The Morgan fingerprint density at radius 1 is 1.47 bits per heavy atom. The summed E-state index contributed by atoms with van der Waals surface area (Å²) in [6, 6.07) is 0. The Morgan fingerprint density at radius 2 is 2.05 bits per heavy atom. The summed E-state index contributed by atoms with van der Waals surface area (Å²) >= 11 is 0. The minimum absolute atomic E-state index is 0.0506. The van der Waals surface area contributed by atoms with Crippen molar-refractivity contribution in [2.24, 2.45) is 5.92 Å². The third-order valence-corrected chi connectivity index (χ3v) is 5.18. The number of nitrogens with zero attached hydrogens (tertiary/aromatic N) is 2. The molecule has 1 rings (SSSR count). The molecule has 0 aromatic rings. The van der Waals surface area contributed by atoms with Crippen LogP contribution in [-0.2, 0) is 15.0 Å². The second kappa shape index (κ2) is 6.89. The van der Waals surface area contributed by atoms with E-state index in [1.54, 1.807) is 0 Å². The lowest BCUT2D eigenvalue weighted by Gasteiger charge is -2.33. The van der Waals surface area contributed by atoms with Gasteiger partial charge in [0, 0.05) is 19.6 Å². The van der Waals surface area contributed by atoms with Crippen LogP contribution in [-0.4, -0.2) is 54.3 Å². The van der Waals surface area contributed by atoms with Crippen LogP contribution in [0, 0.1) is 18.3 Å². The third kappa shape index (κ3) is 3.93. The number of carboxylic acids is 1. The SMILES string of the molecule is C#CCN(CCC)S(=O)(=O)N1CCC(C(=O)O)CC1. The van der Waals surface area contributed by atoms with Gasteiger partial charge in [-0.3, -0.25) is 4.79 Å². The zero-order valence-electron chi connectivity index (χ0n) is 11.1. The zero-order valence-corrected chi connectivity index (χ0v) is 11.9. The van der Waals surface area contributed by atoms with E-state index < -0.39 is 22.1 Å². The van der Waals surface area contributed by atoms with Gasteiger partial charge in [-0.15, -0.1) is 6.42 Å². The van der Waals surface area contributed by atoms with E-state index in [9.17, 15) is 13.2 Å². The van der Waals surface area contributed by atoms with Crippen molar-refractivity contribution < 1.29 is 18.3 Å². The molecular weight excluding hydrogens is 268 g/mol. The van der Waals surface area contributed by atoms with Gasteiger partial charge in [0.15, 0.2) is 0 Å². The molecule has 0 spiro atoms. The highest BCUT2D eigenvalue weighted by molar-refractivity contribution is 7.86. The highest BCUT2D eigenvalue weighted by atomic mass is 32.2. The fraction of sp³-hybridized carbons (Fsp3) is 0.750. The topological polar surface area (TPSA) is 77.9 Å². The summed E-state index contributed by atoms with van der Waals surface area (Å²) < 4.78 is 27.3. The summed E-state index contributed by atoms with van der Waals surface area (Å²) in [6.07, 6.45) is 6.59. The Balaban J connectivity index is 2.73. The van der Waals surface area contributed by atoms with Crippen molar-refractivity contribution in [3.05, 3.63) is 0 Å². The molecule has 108 valence electrons. The minimum atomic E-state index is -3.57. The van der Waals surface area contributed by atoms with Crippen molar-refractivity contribution in [2.75, 3.05) is 26.2 Å². The molecule has 6 nitrogen and oxygen atoms in total. The Morgan fingerprint density at radius 3 is 2.47 bits per heavy atom. The molecular formula is C12H20N2O4S. The van der Waals surface area contributed by atoms with E-state index in [0.29, 0.717) is 25.8 Å². The maximum atomic E-state index is 12.4. The van der Waals surface area contributed by atoms with Crippen molar-refractivity contribution in [2.45, 2.75) is 26.2 Å². The largest absolute Gasteiger partial charge is 0.481 e. The summed E-state index contributed by atoms with van der Waals surface area (Å²) in [4.78, 5) is 10.8. The normalized spacial score (nSPS) is 18.4. The first-order valence-electron chi connectivity index (χ1n) is 6.35. The predicted molar refractivity (Wildman–Crippen MR) is 71.5 cm³/mol. The van der Waals surface area contributed by atoms with Gasteiger partial charge in [0.1, 0.15) is 0 Å². The maximum absolute atomic E-state index is 12.4. The zero-order chi connectivity index (χ0) is 14.5. The van der Waals surface area contributed by atoms with Gasteiger partial charge in [0.25, 0.3) is 10.2 Å². The van der Waals surface area contributed by atoms with Crippen molar-refractivity contribution in [1.82, 2.24) is 8.61 Å². The molecule has 0 aromatic heterocycles. The number of rotatable bonds is 6. The Labute approximate surface area is 114 Å². The summed E-state index contributed by atoms with van der Waals surface area (Å²) in [7, 11) is -3.57. The van der Waals surface area contributed by atoms with Gasteiger partial charge in [-0.1, -0.05) is 12.8 Å². The number of carbonyl (C=O) groups is 1. The number of aliphatic carboxylic acids is 1. The van der Waals surface area contributed by atoms with Crippen molar-refractivity contribution in [3.63, 3.8) is 0 Å². The first-order valence-corrected chi connectivity index (χ1v) is 7.74. The van der Waals surface area contributed by atoms with E-state index >= 15 is 0 Å². The molecule has 1 aliphatic heterocycles. The van der Waals surface area contributed by atoms with Gasteiger partial charge < -0.3 is 5.11 Å². The molecule has 1 heterocycles. The molecule has 1 aliphatic rings. The lowest BCUT2D eigenvalue weighted by molar-refractivity contribution is -0.142. The van der Waals surface area contributed by atoms with Gasteiger partial charge >= 0.3 is 5.97 Å². The van der Waals surface area contributed by atoms with E-state index in [-0.39, 0.29) is 19.6 Å². The first kappa shape index (κ1) is 16.0. The van der Waals surface area contributed by atoms with E-state index in [0.717, 1.165) is 0 Å². The monoisotopic (exact) mass is 288 g/mol. The van der Waals surface area contributed by atoms with Crippen LogP contribution in [0.15, 0.2) is 0 Å². The molecule has 0 unspecified atom stereocenters. The van der Waals surface area contributed by atoms with Crippen LogP contribution in [0.1, 0.15) is 26.2 Å². The number of terminal acetylenes is 1. The van der Waals surface area contributed by atoms with Crippen molar-refractivity contribution in [1.29, 1.82) is 0 Å². The van der Waals surface area contributed by atoms with Crippen LogP contribution < -0.4 is 0 Å². The van der Waals surface area contributed by atoms with Crippen molar-refractivity contribution in [3.8, 4) is 12.3 Å². The second-order valence-electron chi connectivity index (χ2n) is 4.56. The van der Waals surface area contributed by atoms with Crippen LogP contribution in [0.4, 0.5) is 0 Å². The summed E-state index contributed by atoms with van der Waals surface area (Å²) in [5.41, 5.74) is 0. The number of carboxylic acid groups (broad SMARTS) is 1. The Kier molecular flexibility index (Phi) is 5.79. The fourth-order valence-corrected chi connectivity index (χ4v) is 3.77. The quantitative estimate of drug-likeness (QED) is 0.716. The maximum Gasteiger partial charge on any atom is 0.306 e. The lowest BCUT2D eigenvalue weighted by atomic mass is 9.99. The van der Waals surface area contributed by atoms with Gasteiger partial charge in [-0.2, -0.15) is 17.0 Å². The van der Waals surface area contributed by atoms with E-state index in [1.165, 1.54) is 8.61 Å². The van der Waals surface area contributed by atoms with Crippen LogP contribution >= 0.6 is 0 Å². The summed E-state index contributed by atoms with van der Waals surface area (Å²) in [6.45, 7) is 2.80. The molecule has 1 saturated heterocycles. The van der Waals surface area contributed by atoms with Crippen LogP contribution in [0.2, 0.25) is 0 Å². The summed E-state index contributed by atoms with van der Waals surface area (Å²) in [5, 5.41) is 8.90.